The lowest BCUT2D eigenvalue weighted by Crippen LogP contribution is -2.86. The molecule has 1 spiro atoms. The molecule has 5 aliphatic rings. The molecule has 1 aromatic rings. The van der Waals surface area contributed by atoms with E-state index >= 15 is 0 Å². The third kappa shape index (κ3) is 1.66. The van der Waals surface area contributed by atoms with Crippen LogP contribution in [0.5, 0.6) is 11.5 Å². The van der Waals surface area contributed by atoms with Crippen LogP contribution < -0.4 is 4.74 Å². The molecule has 1 saturated heterocycles. The van der Waals surface area contributed by atoms with Gasteiger partial charge >= 0.3 is 0 Å². The molecule has 7 atom stereocenters. The van der Waals surface area contributed by atoms with E-state index in [-0.39, 0.29) is 34.6 Å². The summed E-state index contributed by atoms with van der Waals surface area (Å²) in [6.45, 7) is 0.747. The molecule has 150 valence electrons. The highest BCUT2D eigenvalue weighted by molar-refractivity contribution is 5.90. The topological polar surface area (TPSA) is 107 Å². The van der Waals surface area contributed by atoms with Crippen LogP contribution in [0.1, 0.15) is 36.8 Å². The van der Waals surface area contributed by atoms with Crippen molar-refractivity contribution in [1.82, 2.24) is 0 Å². The van der Waals surface area contributed by atoms with Gasteiger partial charge in [0.1, 0.15) is 6.04 Å². The minimum absolute atomic E-state index is 0.0686. The van der Waals surface area contributed by atoms with Crippen LogP contribution in [0.2, 0.25) is 0 Å². The number of benzene rings is 1. The number of likely N-dealkylation sites (tertiary alicyclic amines) is 1. The largest absolute Gasteiger partial charge is 0.504 e. The Morgan fingerprint density at radius 2 is 2.00 bits per heavy atom. The normalized spacial score (nSPS) is 48.2. The number of phenols is 1. The first-order chi connectivity index (χ1) is 13.2. The number of ether oxygens (including phenoxy) is 1. The molecule has 28 heavy (non-hydrogen) atoms. The number of piperidine rings is 1. The highest BCUT2D eigenvalue weighted by atomic mass is 16.5. The predicted octanol–water partition coefficient (Wildman–Crippen LogP) is -0.0408. The van der Waals surface area contributed by atoms with E-state index in [2.05, 4.69) is 0 Å². The van der Waals surface area contributed by atoms with Crippen LogP contribution in [0.25, 0.3) is 0 Å². The maximum atomic E-state index is 12.9. The van der Waals surface area contributed by atoms with Gasteiger partial charge in [-0.2, -0.15) is 0 Å². The van der Waals surface area contributed by atoms with E-state index in [0.717, 1.165) is 24.9 Å². The summed E-state index contributed by atoms with van der Waals surface area (Å²) in [5.41, 5.74) is -1.28. The van der Waals surface area contributed by atoms with Gasteiger partial charge in [0.2, 0.25) is 0 Å². The second-order valence-corrected chi connectivity index (χ2v) is 9.81. The molecule has 2 heterocycles. The van der Waals surface area contributed by atoms with Crippen LogP contribution in [0.4, 0.5) is 0 Å². The van der Waals surface area contributed by atoms with Crippen LogP contribution in [0, 0.1) is 5.92 Å². The third-order valence-electron chi connectivity index (χ3n) is 8.43. The van der Waals surface area contributed by atoms with Crippen LogP contribution in [0.3, 0.4) is 0 Å². The maximum absolute atomic E-state index is 12.9. The molecule has 1 aromatic carbocycles. The number of hydrogen-bond acceptors (Lipinski definition) is 6. The maximum Gasteiger partial charge on any atom is 0.191 e. The molecule has 0 radical (unpaired) electrons. The van der Waals surface area contributed by atoms with Crippen molar-refractivity contribution in [3.63, 3.8) is 0 Å². The van der Waals surface area contributed by atoms with E-state index in [1.165, 1.54) is 0 Å². The second kappa shape index (κ2) is 4.90. The van der Waals surface area contributed by atoms with Gasteiger partial charge in [-0.15, -0.1) is 0 Å². The SMILES string of the molecule is C[N@+]1(CC2CC2)C(O)C[C@]23c4c5ccc(O)c4O[C@H]2C(=O)CC(O)[C@@]3(O)[C@@H]1C5. The van der Waals surface area contributed by atoms with E-state index in [0.29, 0.717) is 17.9 Å². The quantitative estimate of drug-likeness (QED) is 0.530. The smallest absolute Gasteiger partial charge is 0.191 e. The first-order valence-corrected chi connectivity index (χ1v) is 10.2. The van der Waals surface area contributed by atoms with Gasteiger partial charge in [-0.25, -0.2) is 0 Å². The lowest BCUT2D eigenvalue weighted by atomic mass is 9.47. The van der Waals surface area contributed by atoms with Crippen molar-refractivity contribution in [1.29, 1.82) is 0 Å². The summed E-state index contributed by atoms with van der Waals surface area (Å²) in [5, 5.41) is 45.0. The fourth-order valence-corrected chi connectivity index (χ4v) is 6.97. The fourth-order valence-electron chi connectivity index (χ4n) is 6.97. The Balaban J connectivity index is 1.65. The number of nitrogens with zero attached hydrogens (tertiary/aromatic N) is 1. The molecular formula is C21H26NO6+. The van der Waals surface area contributed by atoms with Crippen molar-refractivity contribution in [3.05, 3.63) is 23.3 Å². The van der Waals surface area contributed by atoms with Gasteiger partial charge in [0.05, 0.1) is 25.1 Å². The lowest BCUT2D eigenvalue weighted by molar-refractivity contribution is -0.992. The Bertz CT molecular complexity index is 914. The Hall–Kier alpha value is -1.67. The molecule has 6 rings (SSSR count). The number of quaternary nitrogens is 1. The summed E-state index contributed by atoms with van der Waals surface area (Å²) in [5.74, 6) is 0.394. The van der Waals surface area contributed by atoms with Crippen LogP contribution in [0.15, 0.2) is 12.1 Å². The number of hydrogen-bond donors (Lipinski definition) is 4. The van der Waals surface area contributed by atoms with Gasteiger partial charge in [-0.3, -0.25) is 9.28 Å². The number of ketones is 1. The monoisotopic (exact) mass is 388 g/mol. The van der Waals surface area contributed by atoms with Crippen molar-refractivity contribution in [2.75, 3.05) is 13.6 Å². The van der Waals surface area contributed by atoms with Crippen LogP contribution >= 0.6 is 0 Å². The molecule has 4 N–H and O–H groups in total. The molecule has 3 fully saturated rings. The van der Waals surface area contributed by atoms with E-state index in [4.69, 9.17) is 4.74 Å². The number of aliphatic hydroxyl groups is 3. The third-order valence-corrected chi connectivity index (χ3v) is 8.43. The zero-order chi connectivity index (χ0) is 19.6. The number of aliphatic hydroxyl groups excluding tert-OH is 2. The highest BCUT2D eigenvalue weighted by Crippen LogP contribution is 2.66. The van der Waals surface area contributed by atoms with Crippen LogP contribution in [-0.2, 0) is 16.6 Å². The summed E-state index contributed by atoms with van der Waals surface area (Å²) >= 11 is 0. The molecule has 7 nitrogen and oxygen atoms in total. The van der Waals surface area contributed by atoms with E-state index < -0.39 is 35.5 Å². The number of Topliss-reactive ketones (excluding diaryl/α,β-unsaturated/α-hetero) is 1. The summed E-state index contributed by atoms with van der Waals surface area (Å²) < 4.78 is 6.23. The molecule has 0 aromatic heterocycles. The van der Waals surface area contributed by atoms with E-state index in [9.17, 15) is 25.2 Å². The fraction of sp³-hybridized carbons (Fsp3) is 0.667. The second-order valence-electron chi connectivity index (χ2n) is 9.81. The minimum atomic E-state index is -1.60. The number of carbonyl (C=O) groups excluding carboxylic acids is 1. The molecule has 3 aliphatic carbocycles. The van der Waals surface area contributed by atoms with Gasteiger partial charge in [-0.1, -0.05) is 6.07 Å². The Kier molecular flexibility index (Phi) is 3.01. The average Bonchev–Trinajstić information content (AvgIpc) is 3.37. The molecule has 2 bridgehead atoms. The van der Waals surface area contributed by atoms with Crippen LogP contribution in [-0.4, -0.2) is 74.4 Å². The van der Waals surface area contributed by atoms with Gasteiger partial charge in [0, 0.05) is 30.7 Å². The Labute approximate surface area is 162 Å². The number of rotatable bonds is 2. The number of likely N-dealkylation sites (N-methyl/N-ethyl adjacent to an activating group) is 1. The number of carbonyl (C=O) groups is 1. The summed E-state index contributed by atoms with van der Waals surface area (Å²) in [6.07, 6.45) is -0.343. The number of phenolic OH excluding ortho intramolecular Hbond substituents is 1. The molecule has 2 unspecified atom stereocenters. The predicted molar refractivity (Wildman–Crippen MR) is 96.7 cm³/mol. The molecule has 0 amide bonds. The van der Waals surface area contributed by atoms with Gasteiger partial charge in [0.25, 0.3) is 0 Å². The van der Waals surface area contributed by atoms with Gasteiger partial charge in [0.15, 0.2) is 35.2 Å². The van der Waals surface area contributed by atoms with Crippen molar-refractivity contribution in [2.24, 2.45) is 5.92 Å². The van der Waals surface area contributed by atoms with Crippen molar-refractivity contribution in [3.8, 4) is 11.5 Å². The zero-order valence-electron chi connectivity index (χ0n) is 15.8. The van der Waals surface area contributed by atoms with Crippen molar-refractivity contribution < 1.29 is 34.4 Å². The molecule has 2 aliphatic heterocycles. The summed E-state index contributed by atoms with van der Waals surface area (Å²) in [7, 11) is 1.97. The van der Waals surface area contributed by atoms with Gasteiger partial charge < -0.3 is 25.2 Å². The molecule has 7 heteroatoms. The van der Waals surface area contributed by atoms with Crippen molar-refractivity contribution in [2.45, 2.75) is 67.6 Å². The lowest BCUT2D eigenvalue weighted by Gasteiger charge is -2.66. The van der Waals surface area contributed by atoms with Gasteiger partial charge in [-0.05, 0) is 24.5 Å². The average molecular weight is 388 g/mol. The Morgan fingerprint density at radius 1 is 1.25 bits per heavy atom. The first kappa shape index (κ1) is 17.2. The van der Waals surface area contributed by atoms with Crippen molar-refractivity contribution >= 4 is 5.78 Å². The molecule has 2 saturated carbocycles. The molecular weight excluding hydrogens is 362 g/mol. The summed E-state index contributed by atoms with van der Waals surface area (Å²) in [6, 6.07) is 2.96. The van der Waals surface area contributed by atoms with E-state index in [1.807, 2.05) is 13.1 Å². The highest BCUT2D eigenvalue weighted by Gasteiger charge is 2.81. The standard InChI is InChI=1S/C21H25NO6/c1-22(9-10-2-3-10)14-6-11-4-5-12(23)18-17(11)20(8-16(22)26)19(28-18)13(24)7-15(25)21(14,20)27/h4-5,10,14-16,19,25-27H,2-3,6-9H2,1H3/p+1/t14-,15?,16?,19-,20-,21-,22+/m0/s1. The number of aromatic hydroxyl groups is 1. The summed E-state index contributed by atoms with van der Waals surface area (Å²) in [4.78, 5) is 12.9. The first-order valence-electron chi connectivity index (χ1n) is 10.2. The zero-order valence-corrected chi connectivity index (χ0v) is 15.8. The Morgan fingerprint density at radius 3 is 2.71 bits per heavy atom. The van der Waals surface area contributed by atoms with E-state index in [1.54, 1.807) is 6.07 Å². The minimum Gasteiger partial charge on any atom is -0.504 e.